The van der Waals surface area contributed by atoms with E-state index >= 15 is 0 Å². The van der Waals surface area contributed by atoms with Crippen LogP contribution in [0.3, 0.4) is 0 Å². The highest BCUT2D eigenvalue weighted by Gasteiger charge is 2.45. The summed E-state index contributed by atoms with van der Waals surface area (Å²) < 4.78 is 11.4. The number of aryl methyl sites for hydroxylation is 1. The lowest BCUT2D eigenvalue weighted by molar-refractivity contribution is -0.0627. The van der Waals surface area contributed by atoms with Crippen LogP contribution in [-0.4, -0.2) is 50.7 Å². The van der Waals surface area contributed by atoms with Crippen molar-refractivity contribution in [3.8, 4) is 0 Å². The molecular formula is C32H57N3O4. The summed E-state index contributed by atoms with van der Waals surface area (Å²) in [6.45, 7) is 28.5. The normalized spacial score (nSPS) is 17.0. The molecule has 224 valence electrons. The predicted octanol–water partition coefficient (Wildman–Crippen LogP) is 8.79. The van der Waals surface area contributed by atoms with Gasteiger partial charge in [0.15, 0.2) is 5.78 Å². The highest BCUT2D eigenvalue weighted by atomic mass is 16.6. The first-order valence-corrected chi connectivity index (χ1v) is 14.6. The van der Waals surface area contributed by atoms with Crippen LogP contribution in [0.2, 0.25) is 0 Å². The van der Waals surface area contributed by atoms with E-state index < -0.39 is 11.3 Å². The van der Waals surface area contributed by atoms with E-state index in [1.807, 2.05) is 61.5 Å². The van der Waals surface area contributed by atoms with E-state index in [-0.39, 0.29) is 23.3 Å². The second-order valence-corrected chi connectivity index (χ2v) is 12.4. The zero-order valence-electron chi connectivity index (χ0n) is 27.4. The minimum Gasteiger partial charge on any atom is -0.444 e. The maximum atomic E-state index is 12.7. The molecule has 1 fully saturated rings. The number of ether oxygens (including phenoxy) is 2. The average molecular weight is 548 g/mol. The molecule has 1 aliphatic heterocycles. The Morgan fingerprint density at radius 3 is 2.18 bits per heavy atom. The molecule has 0 aromatic carbocycles. The van der Waals surface area contributed by atoms with E-state index in [0.717, 1.165) is 24.2 Å². The molecule has 0 N–H and O–H groups in total. The van der Waals surface area contributed by atoms with Gasteiger partial charge >= 0.3 is 6.09 Å². The van der Waals surface area contributed by atoms with Gasteiger partial charge in [0.05, 0.1) is 30.2 Å². The van der Waals surface area contributed by atoms with Crippen molar-refractivity contribution in [1.82, 2.24) is 14.9 Å². The third-order valence-corrected chi connectivity index (χ3v) is 6.16. The van der Waals surface area contributed by atoms with E-state index in [9.17, 15) is 9.59 Å². The smallest absolute Gasteiger partial charge is 0.412 e. The molecule has 7 nitrogen and oxygen atoms in total. The van der Waals surface area contributed by atoms with Gasteiger partial charge in [-0.1, -0.05) is 66.9 Å². The molecule has 1 aliphatic rings. The summed E-state index contributed by atoms with van der Waals surface area (Å²) in [6.07, 6.45) is 7.16. The van der Waals surface area contributed by atoms with Crippen LogP contribution in [0.4, 0.5) is 4.79 Å². The first-order chi connectivity index (χ1) is 17.9. The Bertz CT molecular complexity index is 940. The molecule has 0 aliphatic carbocycles. The Kier molecular flexibility index (Phi) is 15.2. The summed E-state index contributed by atoms with van der Waals surface area (Å²) in [4.78, 5) is 36.1. The van der Waals surface area contributed by atoms with Gasteiger partial charge in [-0.3, -0.25) is 14.7 Å². The van der Waals surface area contributed by atoms with Crippen molar-refractivity contribution >= 4 is 18.0 Å². The number of carbonyl (C=O) groups excluding carboxylic acids is 2. The third kappa shape index (κ3) is 12.6. The van der Waals surface area contributed by atoms with Crippen molar-refractivity contribution in [3.63, 3.8) is 0 Å². The van der Waals surface area contributed by atoms with Crippen molar-refractivity contribution in [2.75, 3.05) is 6.61 Å². The van der Waals surface area contributed by atoms with E-state index in [1.165, 1.54) is 12.0 Å². The Hall–Kier alpha value is -2.28. The van der Waals surface area contributed by atoms with Crippen LogP contribution in [0.1, 0.15) is 144 Å². The maximum absolute atomic E-state index is 12.7. The third-order valence-electron chi connectivity index (χ3n) is 6.16. The van der Waals surface area contributed by atoms with Crippen LogP contribution in [0.25, 0.3) is 6.08 Å². The molecule has 0 radical (unpaired) electrons. The van der Waals surface area contributed by atoms with E-state index in [2.05, 4.69) is 51.5 Å². The largest absolute Gasteiger partial charge is 0.444 e. The molecule has 1 saturated heterocycles. The number of hydrogen-bond acceptors (Lipinski definition) is 6. The molecule has 1 aromatic rings. The quantitative estimate of drug-likeness (QED) is 0.251. The molecule has 0 saturated carbocycles. The van der Waals surface area contributed by atoms with Gasteiger partial charge in [0, 0.05) is 6.42 Å². The number of allylic oxidation sites excluding steroid dienone is 1. The molecule has 1 aromatic heterocycles. The van der Waals surface area contributed by atoms with Gasteiger partial charge < -0.3 is 9.47 Å². The number of carbonyl (C=O) groups is 2. The lowest BCUT2D eigenvalue weighted by atomic mass is 9.87. The molecule has 1 atom stereocenters. The highest BCUT2D eigenvalue weighted by molar-refractivity contribution is 5.94. The minimum absolute atomic E-state index is 0.00864. The van der Waals surface area contributed by atoms with E-state index in [0.29, 0.717) is 25.1 Å². The Balaban J connectivity index is 0.00000269. The number of hydrogen-bond donors (Lipinski definition) is 0. The summed E-state index contributed by atoms with van der Waals surface area (Å²) in [5.74, 6) is -0.00864. The number of unbranched alkanes of at least 4 members (excludes halogenated alkanes) is 1. The number of aromatic nitrogens is 2. The number of nitrogens with zero attached hydrogens (tertiary/aromatic N) is 3. The van der Waals surface area contributed by atoms with Crippen molar-refractivity contribution < 1.29 is 19.1 Å². The van der Waals surface area contributed by atoms with E-state index in [4.69, 9.17) is 9.47 Å². The molecule has 2 rings (SSSR count). The Morgan fingerprint density at radius 2 is 1.69 bits per heavy atom. The summed E-state index contributed by atoms with van der Waals surface area (Å²) in [5.41, 5.74) is 1.96. The fourth-order valence-electron chi connectivity index (χ4n) is 3.76. The lowest BCUT2D eigenvalue weighted by Gasteiger charge is -2.35. The molecule has 2 heterocycles. The summed E-state index contributed by atoms with van der Waals surface area (Å²) in [6, 6.07) is -0.0703. The minimum atomic E-state index is -0.711. The van der Waals surface area contributed by atoms with Crippen LogP contribution >= 0.6 is 0 Å². The molecular weight excluding hydrogens is 490 g/mol. The zero-order valence-corrected chi connectivity index (χ0v) is 27.4. The average Bonchev–Trinajstić information content (AvgIpc) is 3.12. The lowest BCUT2D eigenvalue weighted by Crippen LogP contribution is -2.49. The van der Waals surface area contributed by atoms with Crippen molar-refractivity contribution in [3.05, 3.63) is 28.9 Å². The number of Topliss-reactive ketones (excluding diaryl/α,β-unsaturated/α-hetero) is 1. The first-order valence-electron chi connectivity index (χ1n) is 14.6. The van der Waals surface area contributed by atoms with Crippen molar-refractivity contribution in [1.29, 1.82) is 0 Å². The van der Waals surface area contributed by atoms with Gasteiger partial charge in [0.2, 0.25) is 0 Å². The monoisotopic (exact) mass is 547 g/mol. The van der Waals surface area contributed by atoms with Gasteiger partial charge in [-0.15, -0.1) is 0 Å². The number of rotatable bonds is 7. The molecule has 0 spiro atoms. The van der Waals surface area contributed by atoms with Crippen LogP contribution in [0.5, 0.6) is 0 Å². The summed E-state index contributed by atoms with van der Waals surface area (Å²) in [7, 11) is 0. The van der Waals surface area contributed by atoms with Crippen molar-refractivity contribution in [2.24, 2.45) is 5.41 Å². The SMILES string of the molecule is C/C(=C\c1ncc(C(=O)CCCCC2COC(C)(C)N2C(=O)OC(C)(C)C)nc1C)C(C)(C)C.CC.CCC. The Morgan fingerprint density at radius 1 is 1.13 bits per heavy atom. The molecule has 0 bridgehead atoms. The zero-order chi connectivity index (χ0) is 30.6. The molecule has 1 unspecified atom stereocenters. The number of amides is 1. The second kappa shape index (κ2) is 16.1. The molecule has 39 heavy (non-hydrogen) atoms. The van der Waals surface area contributed by atoms with Gasteiger partial charge in [-0.25, -0.2) is 9.78 Å². The van der Waals surface area contributed by atoms with Gasteiger partial charge in [0.1, 0.15) is 17.0 Å². The standard InChI is InChI=1S/C27H43N3O4.C3H8.C2H6/c1-18(25(3,4)5)15-21-19(2)29-22(16-28-21)23(31)14-12-11-13-20-17-33-27(9,10)30(20)24(32)34-26(6,7)8;1-3-2;1-2/h15-16,20H,11-14,17H2,1-10H3;3H2,1-2H3;1-2H3/b18-15+;;. The van der Waals surface area contributed by atoms with E-state index in [1.54, 1.807) is 11.1 Å². The van der Waals surface area contributed by atoms with Crippen LogP contribution < -0.4 is 0 Å². The summed E-state index contributed by atoms with van der Waals surface area (Å²) >= 11 is 0. The first kappa shape index (κ1) is 36.7. The highest BCUT2D eigenvalue weighted by Crippen LogP contribution is 2.32. The molecule has 7 heteroatoms. The van der Waals surface area contributed by atoms with Gasteiger partial charge in [-0.2, -0.15) is 0 Å². The fourth-order valence-corrected chi connectivity index (χ4v) is 3.76. The van der Waals surface area contributed by atoms with Crippen LogP contribution in [-0.2, 0) is 9.47 Å². The fraction of sp³-hybridized carbons (Fsp3) is 0.750. The van der Waals surface area contributed by atoms with Crippen LogP contribution in [0.15, 0.2) is 11.8 Å². The van der Waals surface area contributed by atoms with Crippen molar-refractivity contribution in [2.45, 2.75) is 146 Å². The molecule has 1 amide bonds. The topological polar surface area (TPSA) is 81.6 Å². The van der Waals surface area contributed by atoms with Crippen LogP contribution in [0, 0.1) is 12.3 Å². The number of ketones is 1. The summed E-state index contributed by atoms with van der Waals surface area (Å²) in [5, 5.41) is 0. The van der Waals surface area contributed by atoms with Gasteiger partial charge in [-0.05, 0) is 72.8 Å². The van der Waals surface area contributed by atoms with Gasteiger partial charge in [0.25, 0.3) is 0 Å². The Labute approximate surface area is 239 Å². The predicted molar refractivity (Wildman–Crippen MR) is 162 cm³/mol. The maximum Gasteiger partial charge on any atom is 0.412 e. The second-order valence-electron chi connectivity index (χ2n) is 12.4.